The van der Waals surface area contributed by atoms with E-state index in [1.54, 1.807) is 0 Å². The molecule has 0 aromatic rings. The van der Waals surface area contributed by atoms with Gasteiger partial charge in [-0.3, -0.25) is 4.90 Å². The van der Waals surface area contributed by atoms with Gasteiger partial charge in [-0.25, -0.2) is 0 Å². The minimum Gasteiger partial charge on any atom is -0.309 e. The molecule has 2 heteroatoms. The highest BCUT2D eigenvalue weighted by molar-refractivity contribution is 4.95. The van der Waals surface area contributed by atoms with E-state index in [1.165, 1.54) is 51.7 Å². The third-order valence-corrected chi connectivity index (χ3v) is 5.43. The van der Waals surface area contributed by atoms with Gasteiger partial charge in [0.25, 0.3) is 0 Å². The first-order valence-corrected chi connectivity index (χ1v) is 8.07. The van der Waals surface area contributed by atoms with Crippen LogP contribution in [0.15, 0.2) is 0 Å². The molecule has 0 amide bonds. The van der Waals surface area contributed by atoms with Crippen LogP contribution in [0.1, 0.15) is 59.8 Å². The van der Waals surface area contributed by atoms with Gasteiger partial charge in [-0.15, -0.1) is 0 Å². The highest BCUT2D eigenvalue weighted by Gasteiger charge is 2.36. The van der Waals surface area contributed by atoms with Crippen LogP contribution in [0, 0.1) is 11.8 Å². The molecule has 2 rings (SSSR count). The van der Waals surface area contributed by atoms with E-state index in [1.807, 2.05) is 0 Å². The van der Waals surface area contributed by atoms with Crippen LogP contribution in [-0.2, 0) is 0 Å². The molecule has 2 unspecified atom stereocenters. The van der Waals surface area contributed by atoms with Crippen LogP contribution in [0.4, 0.5) is 0 Å². The van der Waals surface area contributed by atoms with Crippen molar-refractivity contribution < 1.29 is 0 Å². The Morgan fingerprint density at radius 3 is 2.22 bits per heavy atom. The molecule has 1 saturated heterocycles. The zero-order valence-corrected chi connectivity index (χ0v) is 12.8. The molecule has 2 atom stereocenters. The van der Waals surface area contributed by atoms with Gasteiger partial charge in [0.1, 0.15) is 0 Å². The number of hydrogen-bond acceptors (Lipinski definition) is 2. The first-order chi connectivity index (χ1) is 8.58. The lowest BCUT2D eigenvalue weighted by Crippen LogP contribution is -2.62. The Kier molecular flexibility index (Phi) is 4.71. The van der Waals surface area contributed by atoms with Gasteiger partial charge in [-0.05, 0) is 43.9 Å². The number of rotatable bonds is 3. The molecule has 0 spiro atoms. The summed E-state index contributed by atoms with van der Waals surface area (Å²) in [6.45, 7) is 13.3. The molecule has 1 aliphatic heterocycles. The van der Waals surface area contributed by atoms with Gasteiger partial charge in [0.05, 0.1) is 0 Å². The predicted octanol–water partition coefficient (Wildman–Crippen LogP) is 3.28. The first kappa shape index (κ1) is 14.3. The summed E-state index contributed by atoms with van der Waals surface area (Å²) < 4.78 is 0. The van der Waals surface area contributed by atoms with Crippen molar-refractivity contribution in [3.63, 3.8) is 0 Å². The Morgan fingerprint density at radius 2 is 1.67 bits per heavy atom. The lowest BCUT2D eigenvalue weighted by atomic mass is 9.78. The number of nitrogens with zero attached hydrogens (tertiary/aromatic N) is 1. The molecule has 106 valence electrons. The Bertz CT molecular complexity index is 250. The molecule has 2 nitrogen and oxygen atoms in total. The minimum absolute atomic E-state index is 0.391. The summed E-state index contributed by atoms with van der Waals surface area (Å²) in [5, 5.41) is 3.78. The molecule has 0 aromatic heterocycles. The fourth-order valence-corrected chi connectivity index (χ4v) is 4.23. The van der Waals surface area contributed by atoms with E-state index in [9.17, 15) is 0 Å². The van der Waals surface area contributed by atoms with Crippen LogP contribution in [0.5, 0.6) is 0 Å². The maximum absolute atomic E-state index is 3.78. The molecule has 2 aliphatic rings. The number of nitrogens with one attached hydrogen (secondary N) is 1. The SMILES string of the molecule is CCC1(CC)CN(C2CC(C)CC(C)C2)CCN1. The van der Waals surface area contributed by atoms with Crippen LogP contribution in [0.2, 0.25) is 0 Å². The van der Waals surface area contributed by atoms with Crippen LogP contribution >= 0.6 is 0 Å². The molecular weight excluding hydrogens is 220 g/mol. The molecule has 0 aromatic carbocycles. The standard InChI is InChI=1S/C16H32N2/c1-5-16(6-2)12-18(8-7-17-16)15-10-13(3)9-14(4)11-15/h13-15,17H,5-12H2,1-4H3. The van der Waals surface area contributed by atoms with Crippen molar-refractivity contribution in [2.45, 2.75) is 71.4 Å². The highest BCUT2D eigenvalue weighted by atomic mass is 15.2. The Balaban J connectivity index is 1.99. The van der Waals surface area contributed by atoms with Crippen LogP contribution in [0.3, 0.4) is 0 Å². The summed E-state index contributed by atoms with van der Waals surface area (Å²) >= 11 is 0. The summed E-state index contributed by atoms with van der Waals surface area (Å²) in [7, 11) is 0. The fraction of sp³-hybridized carbons (Fsp3) is 1.00. The van der Waals surface area contributed by atoms with E-state index >= 15 is 0 Å². The van der Waals surface area contributed by atoms with Crippen molar-refractivity contribution in [3.8, 4) is 0 Å². The summed E-state index contributed by atoms with van der Waals surface area (Å²) in [5.41, 5.74) is 0.391. The molecular formula is C16H32N2. The van der Waals surface area contributed by atoms with Gasteiger partial charge in [0.15, 0.2) is 0 Å². The highest BCUT2D eigenvalue weighted by Crippen LogP contribution is 2.33. The summed E-state index contributed by atoms with van der Waals surface area (Å²) in [4.78, 5) is 2.80. The van der Waals surface area contributed by atoms with Crippen LogP contribution in [0.25, 0.3) is 0 Å². The van der Waals surface area contributed by atoms with Crippen molar-refractivity contribution in [1.82, 2.24) is 10.2 Å². The molecule has 2 fully saturated rings. The maximum atomic E-state index is 3.78. The average molecular weight is 252 g/mol. The summed E-state index contributed by atoms with van der Waals surface area (Å²) in [5.74, 6) is 1.84. The zero-order valence-electron chi connectivity index (χ0n) is 12.8. The molecule has 0 radical (unpaired) electrons. The first-order valence-electron chi connectivity index (χ1n) is 8.07. The zero-order chi connectivity index (χ0) is 13.2. The minimum atomic E-state index is 0.391. The van der Waals surface area contributed by atoms with Gasteiger partial charge in [-0.2, -0.15) is 0 Å². The smallest absolute Gasteiger partial charge is 0.0304 e. The Labute approximate surface area is 114 Å². The van der Waals surface area contributed by atoms with Gasteiger partial charge in [-0.1, -0.05) is 27.7 Å². The largest absolute Gasteiger partial charge is 0.309 e. The second-order valence-corrected chi connectivity index (χ2v) is 6.96. The van der Waals surface area contributed by atoms with E-state index in [-0.39, 0.29) is 0 Å². The maximum Gasteiger partial charge on any atom is 0.0304 e. The van der Waals surface area contributed by atoms with E-state index in [0.717, 1.165) is 17.9 Å². The molecule has 1 N–H and O–H groups in total. The third-order valence-electron chi connectivity index (χ3n) is 5.43. The Hall–Kier alpha value is -0.0800. The third kappa shape index (κ3) is 3.08. The molecule has 1 aliphatic carbocycles. The lowest BCUT2D eigenvalue weighted by Gasteiger charge is -2.48. The molecule has 1 heterocycles. The van der Waals surface area contributed by atoms with Crippen molar-refractivity contribution >= 4 is 0 Å². The van der Waals surface area contributed by atoms with E-state index < -0.39 is 0 Å². The number of piperazine rings is 1. The average Bonchev–Trinajstić information content (AvgIpc) is 2.37. The van der Waals surface area contributed by atoms with Gasteiger partial charge in [0, 0.05) is 31.2 Å². The quantitative estimate of drug-likeness (QED) is 0.829. The topological polar surface area (TPSA) is 15.3 Å². The monoisotopic (exact) mass is 252 g/mol. The van der Waals surface area contributed by atoms with Gasteiger partial charge < -0.3 is 5.32 Å². The second-order valence-electron chi connectivity index (χ2n) is 6.96. The predicted molar refractivity (Wildman–Crippen MR) is 78.9 cm³/mol. The lowest BCUT2D eigenvalue weighted by molar-refractivity contribution is 0.0472. The summed E-state index contributed by atoms with van der Waals surface area (Å²) in [6, 6.07) is 0.850. The van der Waals surface area contributed by atoms with Crippen molar-refractivity contribution in [1.29, 1.82) is 0 Å². The fourth-order valence-electron chi connectivity index (χ4n) is 4.23. The van der Waals surface area contributed by atoms with Crippen molar-refractivity contribution in [2.24, 2.45) is 11.8 Å². The van der Waals surface area contributed by atoms with E-state index in [4.69, 9.17) is 0 Å². The van der Waals surface area contributed by atoms with Gasteiger partial charge >= 0.3 is 0 Å². The van der Waals surface area contributed by atoms with Crippen LogP contribution in [-0.4, -0.2) is 36.1 Å². The second kappa shape index (κ2) is 5.92. The molecule has 0 bridgehead atoms. The molecule has 18 heavy (non-hydrogen) atoms. The normalized spacial score (nSPS) is 37.7. The van der Waals surface area contributed by atoms with E-state index in [0.29, 0.717) is 5.54 Å². The molecule has 1 saturated carbocycles. The van der Waals surface area contributed by atoms with Crippen molar-refractivity contribution in [3.05, 3.63) is 0 Å². The summed E-state index contributed by atoms with van der Waals surface area (Å²) in [6.07, 6.45) is 6.81. The van der Waals surface area contributed by atoms with Gasteiger partial charge in [0.2, 0.25) is 0 Å². The number of hydrogen-bond donors (Lipinski definition) is 1. The van der Waals surface area contributed by atoms with Crippen molar-refractivity contribution in [2.75, 3.05) is 19.6 Å². The van der Waals surface area contributed by atoms with Crippen LogP contribution < -0.4 is 5.32 Å². The Morgan fingerprint density at radius 1 is 1.06 bits per heavy atom. The van der Waals surface area contributed by atoms with E-state index in [2.05, 4.69) is 37.9 Å².